The third-order valence-electron chi connectivity index (χ3n) is 4.43. The topological polar surface area (TPSA) is 62.2 Å². The van der Waals surface area contributed by atoms with E-state index in [2.05, 4.69) is 10.1 Å². The summed E-state index contributed by atoms with van der Waals surface area (Å²) in [5, 5.41) is 3.89. The Hall–Kier alpha value is -3.02. The molecule has 30 heavy (non-hydrogen) atoms. The average Bonchev–Trinajstić information content (AvgIpc) is 2.73. The Kier molecular flexibility index (Phi) is 9.71. The van der Waals surface area contributed by atoms with Crippen molar-refractivity contribution in [1.29, 1.82) is 0 Å². The first-order chi connectivity index (χ1) is 14.5. The lowest BCUT2D eigenvalue weighted by Gasteiger charge is -2.14. The summed E-state index contributed by atoms with van der Waals surface area (Å²) in [4.78, 5) is 9.07. The summed E-state index contributed by atoms with van der Waals surface area (Å²) < 4.78 is 17.4. The fourth-order valence-electron chi connectivity index (χ4n) is 2.89. The van der Waals surface area contributed by atoms with Gasteiger partial charge in [-0.25, -0.2) is 4.98 Å². The van der Waals surface area contributed by atoms with Crippen LogP contribution < -0.4 is 14.2 Å². The number of benzene rings is 1. The Morgan fingerprint density at radius 1 is 1.03 bits per heavy atom. The van der Waals surface area contributed by atoms with Crippen molar-refractivity contribution in [2.24, 2.45) is 5.16 Å². The van der Waals surface area contributed by atoms with E-state index in [1.165, 1.54) is 7.11 Å². The van der Waals surface area contributed by atoms with Crippen molar-refractivity contribution in [3.63, 3.8) is 0 Å². The van der Waals surface area contributed by atoms with E-state index in [-0.39, 0.29) is 0 Å². The number of rotatable bonds is 12. The van der Waals surface area contributed by atoms with Crippen molar-refractivity contribution in [2.75, 3.05) is 26.9 Å². The molecule has 0 radical (unpaired) electrons. The Labute approximate surface area is 179 Å². The summed E-state index contributed by atoms with van der Waals surface area (Å²) in [7, 11) is 1.52. The second-order valence-electron chi connectivity index (χ2n) is 6.91. The number of aryl methyl sites for hydroxylation is 2. The standard InChI is InChI=1S/C24H32N2O4/c1-6-7-12-28-22-15-18(2)24(19(3)16-22)30-14-9-8-13-29-23-11-10-21(17-25-23)20(4)26-27-5/h6-7,10-11,15-17H,8-9,12-14H2,1-5H3/b7-6+,26-20+. The highest BCUT2D eigenvalue weighted by Gasteiger charge is 2.07. The number of oxime groups is 1. The van der Waals surface area contributed by atoms with Crippen LogP contribution in [0, 0.1) is 13.8 Å². The monoisotopic (exact) mass is 412 g/mol. The highest BCUT2D eigenvalue weighted by molar-refractivity contribution is 5.98. The highest BCUT2D eigenvalue weighted by atomic mass is 16.6. The molecule has 1 heterocycles. The number of unbranched alkanes of at least 4 members (excludes halogenated alkanes) is 1. The Bertz CT molecular complexity index is 822. The van der Waals surface area contributed by atoms with Crippen molar-refractivity contribution in [2.45, 2.75) is 40.5 Å². The maximum Gasteiger partial charge on any atom is 0.213 e. The van der Waals surface area contributed by atoms with Gasteiger partial charge in [-0.15, -0.1) is 0 Å². The molecule has 0 atom stereocenters. The van der Waals surface area contributed by atoms with Gasteiger partial charge in [0.1, 0.15) is 25.2 Å². The molecule has 0 amide bonds. The molecule has 6 nitrogen and oxygen atoms in total. The third kappa shape index (κ3) is 7.43. The molecule has 0 bridgehead atoms. The highest BCUT2D eigenvalue weighted by Crippen LogP contribution is 2.28. The molecule has 1 aromatic carbocycles. The number of nitrogens with zero attached hydrogens (tertiary/aromatic N) is 2. The molecule has 162 valence electrons. The van der Waals surface area contributed by atoms with Crippen LogP contribution in [0.5, 0.6) is 17.4 Å². The minimum absolute atomic E-state index is 0.577. The minimum atomic E-state index is 0.577. The molecule has 0 fully saturated rings. The molecule has 2 aromatic rings. The van der Waals surface area contributed by atoms with Crippen molar-refractivity contribution in [1.82, 2.24) is 4.98 Å². The number of aromatic nitrogens is 1. The third-order valence-corrected chi connectivity index (χ3v) is 4.43. The van der Waals surface area contributed by atoms with Gasteiger partial charge in [0, 0.05) is 17.8 Å². The lowest BCUT2D eigenvalue weighted by Crippen LogP contribution is -2.05. The fraction of sp³-hybridized carbons (Fsp3) is 0.417. The fourth-order valence-corrected chi connectivity index (χ4v) is 2.89. The Morgan fingerprint density at radius 3 is 2.33 bits per heavy atom. The van der Waals surface area contributed by atoms with E-state index >= 15 is 0 Å². The quantitative estimate of drug-likeness (QED) is 0.206. The van der Waals surface area contributed by atoms with Gasteiger partial charge in [-0.1, -0.05) is 17.3 Å². The molecule has 0 aliphatic heterocycles. The summed E-state index contributed by atoms with van der Waals surface area (Å²) in [5.74, 6) is 2.40. The lowest BCUT2D eigenvalue weighted by atomic mass is 10.1. The van der Waals surface area contributed by atoms with Crippen LogP contribution in [0.15, 0.2) is 47.8 Å². The number of allylic oxidation sites excluding steroid dienone is 1. The first-order valence-corrected chi connectivity index (χ1v) is 10.2. The van der Waals surface area contributed by atoms with Crippen molar-refractivity contribution in [3.05, 3.63) is 59.3 Å². The van der Waals surface area contributed by atoms with Gasteiger partial charge in [-0.3, -0.25) is 0 Å². The first-order valence-electron chi connectivity index (χ1n) is 10.2. The van der Waals surface area contributed by atoms with Crippen LogP contribution in [-0.4, -0.2) is 37.6 Å². The second-order valence-corrected chi connectivity index (χ2v) is 6.91. The Balaban J connectivity index is 1.72. The van der Waals surface area contributed by atoms with E-state index in [4.69, 9.17) is 19.0 Å². The van der Waals surface area contributed by atoms with Crippen LogP contribution in [0.3, 0.4) is 0 Å². The zero-order chi connectivity index (χ0) is 21.8. The number of hydrogen-bond acceptors (Lipinski definition) is 6. The van der Waals surface area contributed by atoms with E-state index in [1.807, 2.05) is 64.1 Å². The van der Waals surface area contributed by atoms with E-state index < -0.39 is 0 Å². The molecule has 0 saturated heterocycles. The van der Waals surface area contributed by atoms with Gasteiger partial charge in [-0.05, 0) is 69.9 Å². The largest absolute Gasteiger partial charge is 0.493 e. The normalized spacial score (nSPS) is 11.6. The summed E-state index contributed by atoms with van der Waals surface area (Å²) in [5.41, 5.74) is 3.84. The maximum absolute atomic E-state index is 6.00. The molecule has 0 unspecified atom stereocenters. The van der Waals surface area contributed by atoms with Crippen molar-refractivity contribution in [3.8, 4) is 17.4 Å². The molecule has 6 heteroatoms. The van der Waals surface area contributed by atoms with Crippen molar-refractivity contribution < 1.29 is 19.0 Å². The van der Waals surface area contributed by atoms with Gasteiger partial charge in [0.05, 0.1) is 18.9 Å². The van der Waals surface area contributed by atoms with Gasteiger partial charge in [0.25, 0.3) is 0 Å². The summed E-state index contributed by atoms with van der Waals surface area (Å²) in [6, 6.07) is 7.79. The van der Waals surface area contributed by atoms with Crippen LogP contribution in [0.2, 0.25) is 0 Å². The van der Waals surface area contributed by atoms with Gasteiger partial charge in [0.2, 0.25) is 5.88 Å². The van der Waals surface area contributed by atoms with Crippen LogP contribution in [0.25, 0.3) is 0 Å². The van der Waals surface area contributed by atoms with Crippen LogP contribution in [0.4, 0.5) is 0 Å². The second kappa shape index (κ2) is 12.5. The van der Waals surface area contributed by atoms with E-state index in [0.29, 0.717) is 25.7 Å². The van der Waals surface area contributed by atoms with Crippen LogP contribution >= 0.6 is 0 Å². The molecule has 0 aliphatic rings. The zero-order valence-electron chi connectivity index (χ0n) is 18.6. The minimum Gasteiger partial charge on any atom is -0.493 e. The molecular formula is C24H32N2O4. The molecule has 0 spiro atoms. The average molecular weight is 413 g/mol. The van der Waals surface area contributed by atoms with Gasteiger partial charge < -0.3 is 19.0 Å². The number of ether oxygens (including phenoxy) is 3. The van der Waals surface area contributed by atoms with Crippen molar-refractivity contribution >= 4 is 5.71 Å². The SMILES string of the molecule is C/C=C/COc1cc(C)c(OCCCCOc2ccc(/C(C)=N/OC)cn2)c(C)c1. The summed E-state index contributed by atoms with van der Waals surface area (Å²) >= 11 is 0. The summed E-state index contributed by atoms with van der Waals surface area (Å²) in [6.07, 6.45) is 7.47. The smallest absolute Gasteiger partial charge is 0.213 e. The predicted molar refractivity (Wildman–Crippen MR) is 120 cm³/mol. The lowest BCUT2D eigenvalue weighted by molar-refractivity contribution is 0.213. The van der Waals surface area contributed by atoms with E-state index in [9.17, 15) is 0 Å². The molecular weight excluding hydrogens is 380 g/mol. The first kappa shape index (κ1) is 23.3. The zero-order valence-corrected chi connectivity index (χ0v) is 18.6. The maximum atomic E-state index is 6.00. The van der Waals surface area contributed by atoms with Crippen LogP contribution in [0.1, 0.15) is 43.4 Å². The van der Waals surface area contributed by atoms with Gasteiger partial charge >= 0.3 is 0 Å². The molecule has 0 N–H and O–H groups in total. The van der Waals surface area contributed by atoms with Gasteiger partial charge in [0.15, 0.2) is 0 Å². The molecule has 0 saturated carbocycles. The molecule has 1 aromatic heterocycles. The number of pyridine rings is 1. The predicted octanol–water partition coefficient (Wildman–Crippen LogP) is 5.26. The number of hydrogen-bond donors (Lipinski definition) is 0. The van der Waals surface area contributed by atoms with E-state index in [0.717, 1.165) is 46.7 Å². The Morgan fingerprint density at radius 2 is 1.73 bits per heavy atom. The molecule has 2 rings (SSSR count). The van der Waals surface area contributed by atoms with Crippen LogP contribution in [-0.2, 0) is 4.84 Å². The summed E-state index contributed by atoms with van der Waals surface area (Å²) in [6.45, 7) is 9.75. The van der Waals surface area contributed by atoms with Gasteiger partial charge in [-0.2, -0.15) is 0 Å². The van der Waals surface area contributed by atoms with E-state index in [1.54, 1.807) is 6.20 Å². The molecule has 0 aliphatic carbocycles.